The number of ether oxygens (including phenoxy) is 2. The molecule has 1 amide bonds. The Morgan fingerprint density at radius 3 is 2.45 bits per heavy atom. The lowest BCUT2D eigenvalue weighted by Gasteiger charge is -2.11. The lowest BCUT2D eigenvalue weighted by molar-refractivity contribution is -0.149. The second-order valence-corrected chi connectivity index (χ2v) is 6.99. The number of hydrogen-bond acceptors (Lipinski definition) is 6. The Hall–Kier alpha value is -4.12. The number of nitrogens with one attached hydrogen (secondary N) is 1. The van der Waals surface area contributed by atoms with Crippen LogP contribution in [-0.2, 0) is 14.3 Å². The highest BCUT2D eigenvalue weighted by molar-refractivity contribution is 5.93. The lowest BCUT2D eigenvalue weighted by atomic mass is 10.0. The minimum absolute atomic E-state index is 0.191. The van der Waals surface area contributed by atoms with Gasteiger partial charge in [0.15, 0.2) is 19.0 Å². The Labute approximate surface area is 180 Å². The minimum Gasteiger partial charge on any atom is -0.482 e. The summed E-state index contributed by atoms with van der Waals surface area (Å²) in [5.41, 5.74) is 2.03. The zero-order chi connectivity index (χ0) is 22.2. The van der Waals surface area contributed by atoms with Gasteiger partial charge in [-0.25, -0.2) is 9.48 Å². The summed E-state index contributed by atoms with van der Waals surface area (Å²) < 4.78 is 11.8. The predicted octanol–water partition coefficient (Wildman–Crippen LogP) is 3.43. The molecule has 0 bridgehead atoms. The monoisotopic (exact) mass is 418 g/mol. The molecule has 0 aliphatic heterocycles. The first kappa shape index (κ1) is 21.6. The number of hydrogen-bond donors (Lipinski definition) is 1. The zero-order valence-corrected chi connectivity index (χ0v) is 17.2. The minimum atomic E-state index is -0.680. The molecule has 8 heteroatoms. The van der Waals surface area contributed by atoms with Gasteiger partial charge in [0, 0.05) is 0 Å². The van der Waals surface area contributed by atoms with E-state index in [2.05, 4.69) is 24.3 Å². The van der Waals surface area contributed by atoms with Gasteiger partial charge in [-0.3, -0.25) is 4.79 Å². The summed E-state index contributed by atoms with van der Waals surface area (Å²) in [6, 6.07) is 18.4. The quantitative estimate of drug-likeness (QED) is 0.562. The van der Waals surface area contributed by atoms with E-state index in [1.54, 1.807) is 24.3 Å². The summed E-state index contributed by atoms with van der Waals surface area (Å²) in [6.45, 7) is 3.34. The fraction of sp³-hybridized carbons (Fsp3) is 0.217. The van der Waals surface area contributed by atoms with Gasteiger partial charge in [0.05, 0.1) is 11.9 Å². The second-order valence-electron chi connectivity index (χ2n) is 6.99. The highest BCUT2D eigenvalue weighted by Gasteiger charge is 2.16. The third-order valence-corrected chi connectivity index (χ3v) is 4.42. The van der Waals surface area contributed by atoms with Crippen LogP contribution in [0, 0.1) is 11.3 Å². The van der Waals surface area contributed by atoms with Crippen molar-refractivity contribution in [2.75, 3.05) is 18.5 Å². The molecule has 0 aliphatic rings. The largest absolute Gasteiger partial charge is 0.482 e. The van der Waals surface area contributed by atoms with Crippen molar-refractivity contribution in [3.8, 4) is 17.5 Å². The van der Waals surface area contributed by atoms with Crippen LogP contribution in [0.3, 0.4) is 0 Å². The first-order valence-corrected chi connectivity index (χ1v) is 9.69. The molecule has 1 aromatic heterocycles. The van der Waals surface area contributed by atoms with Crippen LogP contribution < -0.4 is 10.1 Å². The molecule has 3 aromatic rings. The van der Waals surface area contributed by atoms with Gasteiger partial charge in [0.2, 0.25) is 0 Å². The van der Waals surface area contributed by atoms with E-state index in [1.165, 1.54) is 10.9 Å². The molecule has 1 N–H and O–H groups in total. The molecule has 0 saturated carbocycles. The highest BCUT2D eigenvalue weighted by atomic mass is 16.6. The Balaban J connectivity index is 1.53. The summed E-state index contributed by atoms with van der Waals surface area (Å²) in [5.74, 6) is -0.131. The number of nitriles is 1. The molecule has 0 radical (unpaired) electrons. The first-order valence-electron chi connectivity index (χ1n) is 9.69. The van der Waals surface area contributed by atoms with Crippen LogP contribution in [-0.4, -0.2) is 34.9 Å². The van der Waals surface area contributed by atoms with Gasteiger partial charge < -0.3 is 14.8 Å². The molecular weight excluding hydrogens is 396 g/mol. The van der Waals surface area contributed by atoms with Gasteiger partial charge in [-0.2, -0.15) is 10.4 Å². The van der Waals surface area contributed by atoms with E-state index in [-0.39, 0.29) is 18.0 Å². The normalized spacial score (nSPS) is 10.4. The van der Waals surface area contributed by atoms with Gasteiger partial charge in [0.1, 0.15) is 17.4 Å². The van der Waals surface area contributed by atoms with Crippen LogP contribution >= 0.6 is 0 Å². The van der Waals surface area contributed by atoms with E-state index in [0.717, 1.165) is 5.56 Å². The van der Waals surface area contributed by atoms with E-state index < -0.39 is 18.5 Å². The number of carbonyl (C=O) groups excluding carboxylic acids is 2. The van der Waals surface area contributed by atoms with Crippen LogP contribution in [0.2, 0.25) is 0 Å². The third kappa shape index (κ3) is 5.70. The summed E-state index contributed by atoms with van der Waals surface area (Å²) >= 11 is 0. The Kier molecular flexibility index (Phi) is 7.01. The molecule has 0 fully saturated rings. The molecule has 0 spiro atoms. The van der Waals surface area contributed by atoms with Crippen molar-refractivity contribution in [2.45, 2.75) is 19.8 Å². The molecular formula is C23H22N4O4. The van der Waals surface area contributed by atoms with E-state index >= 15 is 0 Å². The van der Waals surface area contributed by atoms with Crippen LogP contribution in [0.1, 0.15) is 30.9 Å². The molecule has 0 aliphatic carbocycles. The fourth-order valence-corrected chi connectivity index (χ4v) is 2.76. The number of benzene rings is 2. The van der Waals surface area contributed by atoms with E-state index in [0.29, 0.717) is 17.4 Å². The van der Waals surface area contributed by atoms with Gasteiger partial charge in [-0.05, 0) is 35.7 Å². The molecule has 0 unspecified atom stereocenters. The second kappa shape index (κ2) is 10.1. The zero-order valence-electron chi connectivity index (χ0n) is 17.2. The van der Waals surface area contributed by atoms with Crippen molar-refractivity contribution in [1.29, 1.82) is 5.26 Å². The van der Waals surface area contributed by atoms with Crippen molar-refractivity contribution in [2.24, 2.45) is 0 Å². The number of rotatable bonds is 8. The Morgan fingerprint density at radius 2 is 1.81 bits per heavy atom. The third-order valence-electron chi connectivity index (χ3n) is 4.42. The molecule has 2 aromatic carbocycles. The van der Waals surface area contributed by atoms with Gasteiger partial charge in [-0.1, -0.05) is 44.2 Å². The number of para-hydroxylation sites is 1. The average molecular weight is 418 g/mol. The maximum absolute atomic E-state index is 12.3. The van der Waals surface area contributed by atoms with Crippen LogP contribution in [0.15, 0.2) is 60.8 Å². The van der Waals surface area contributed by atoms with Crippen molar-refractivity contribution >= 4 is 17.7 Å². The van der Waals surface area contributed by atoms with E-state index in [4.69, 9.17) is 9.47 Å². The number of esters is 1. The van der Waals surface area contributed by atoms with Crippen LogP contribution in [0.5, 0.6) is 5.75 Å². The van der Waals surface area contributed by atoms with E-state index in [1.807, 2.05) is 36.4 Å². The summed E-state index contributed by atoms with van der Waals surface area (Å²) in [6.07, 6.45) is 1.35. The maximum Gasteiger partial charge on any atom is 0.344 e. The summed E-state index contributed by atoms with van der Waals surface area (Å²) in [7, 11) is 0. The number of aromatic nitrogens is 2. The summed E-state index contributed by atoms with van der Waals surface area (Å²) in [5, 5.41) is 16.0. The maximum atomic E-state index is 12.3. The molecule has 0 saturated heterocycles. The lowest BCUT2D eigenvalue weighted by Crippen LogP contribution is -2.25. The smallest absolute Gasteiger partial charge is 0.344 e. The Morgan fingerprint density at radius 1 is 1.10 bits per heavy atom. The van der Waals surface area contributed by atoms with Crippen molar-refractivity contribution < 1.29 is 19.1 Å². The van der Waals surface area contributed by atoms with Crippen LogP contribution in [0.25, 0.3) is 5.69 Å². The standard InChI is InChI=1S/C23H22N4O4/c1-16(2)17-8-10-20(11-9-17)30-15-22(29)31-14-21(28)26-23-18(12-24)13-25-27(23)19-6-4-3-5-7-19/h3-11,13,16H,14-15H2,1-2H3,(H,26,28). The van der Waals surface area contributed by atoms with Gasteiger partial charge in [0.25, 0.3) is 5.91 Å². The van der Waals surface area contributed by atoms with E-state index in [9.17, 15) is 14.9 Å². The van der Waals surface area contributed by atoms with Gasteiger partial charge in [-0.15, -0.1) is 0 Å². The van der Waals surface area contributed by atoms with Crippen molar-refractivity contribution in [1.82, 2.24) is 9.78 Å². The molecule has 1 heterocycles. The van der Waals surface area contributed by atoms with Crippen LogP contribution in [0.4, 0.5) is 5.82 Å². The SMILES string of the molecule is CC(C)c1ccc(OCC(=O)OCC(=O)Nc2c(C#N)cnn2-c2ccccc2)cc1. The number of nitrogens with zero attached hydrogens (tertiary/aromatic N) is 3. The van der Waals surface area contributed by atoms with Crippen molar-refractivity contribution in [3.05, 3.63) is 71.9 Å². The van der Waals surface area contributed by atoms with Crippen molar-refractivity contribution in [3.63, 3.8) is 0 Å². The summed E-state index contributed by atoms with van der Waals surface area (Å²) in [4.78, 5) is 24.2. The molecule has 3 rings (SSSR count). The fourth-order valence-electron chi connectivity index (χ4n) is 2.76. The molecule has 0 atom stereocenters. The highest BCUT2D eigenvalue weighted by Crippen LogP contribution is 2.20. The number of amides is 1. The molecule has 31 heavy (non-hydrogen) atoms. The molecule has 8 nitrogen and oxygen atoms in total. The van der Waals surface area contributed by atoms with Gasteiger partial charge >= 0.3 is 5.97 Å². The number of carbonyl (C=O) groups is 2. The molecule has 158 valence electrons. The topological polar surface area (TPSA) is 106 Å². The average Bonchev–Trinajstić information content (AvgIpc) is 3.19. The first-order chi connectivity index (χ1) is 15.0. The number of anilines is 1. The predicted molar refractivity (Wildman–Crippen MR) is 114 cm³/mol. The Bertz CT molecular complexity index is 1080.